The van der Waals surface area contributed by atoms with Crippen LogP contribution in [0.4, 0.5) is 5.82 Å². The Morgan fingerprint density at radius 3 is 2.60 bits per heavy atom. The fourth-order valence-electron chi connectivity index (χ4n) is 3.42. The number of piperazine rings is 1. The molecule has 1 atom stereocenters. The maximum atomic E-state index is 4.72. The molecule has 0 aliphatic carbocycles. The number of hydrogen-bond acceptors (Lipinski definition) is 4. The molecule has 0 unspecified atom stereocenters. The van der Waals surface area contributed by atoms with Gasteiger partial charge in [0.1, 0.15) is 5.82 Å². The molecule has 110 valence electrons. The van der Waals surface area contributed by atoms with Crippen LogP contribution in [0.3, 0.4) is 0 Å². The number of nitrogens with zero attached hydrogens (tertiary/aromatic N) is 4. The number of likely N-dealkylation sites (tertiary alicyclic amines) is 1. The Morgan fingerprint density at radius 1 is 1.05 bits per heavy atom. The number of likely N-dealkylation sites (N-methyl/N-ethyl adjacent to an activating group) is 1. The van der Waals surface area contributed by atoms with Crippen molar-refractivity contribution in [1.29, 1.82) is 0 Å². The van der Waals surface area contributed by atoms with E-state index in [9.17, 15) is 0 Å². The van der Waals surface area contributed by atoms with E-state index in [1.807, 2.05) is 6.20 Å². The first-order valence-corrected chi connectivity index (χ1v) is 7.84. The highest BCUT2D eigenvalue weighted by Gasteiger charge is 2.26. The van der Waals surface area contributed by atoms with Gasteiger partial charge in [-0.05, 0) is 39.5 Å². The lowest BCUT2D eigenvalue weighted by Gasteiger charge is -2.38. The van der Waals surface area contributed by atoms with Gasteiger partial charge in [0.25, 0.3) is 0 Å². The Kier molecular flexibility index (Phi) is 4.22. The van der Waals surface area contributed by atoms with Crippen LogP contribution in [0.5, 0.6) is 0 Å². The molecule has 1 aromatic heterocycles. The molecular weight excluding hydrogens is 248 g/mol. The Balaban J connectivity index is 1.84. The first-order chi connectivity index (χ1) is 9.75. The minimum Gasteiger partial charge on any atom is -0.354 e. The Morgan fingerprint density at radius 2 is 1.85 bits per heavy atom. The van der Waals surface area contributed by atoms with E-state index < -0.39 is 0 Å². The molecule has 0 N–H and O–H groups in total. The van der Waals surface area contributed by atoms with Crippen LogP contribution >= 0.6 is 0 Å². The van der Waals surface area contributed by atoms with Gasteiger partial charge in [-0.3, -0.25) is 4.90 Å². The van der Waals surface area contributed by atoms with E-state index in [1.165, 1.54) is 37.2 Å². The van der Waals surface area contributed by atoms with E-state index in [1.54, 1.807) is 0 Å². The van der Waals surface area contributed by atoms with Crippen molar-refractivity contribution in [3.8, 4) is 0 Å². The van der Waals surface area contributed by atoms with Crippen molar-refractivity contribution in [2.24, 2.45) is 0 Å². The summed E-state index contributed by atoms with van der Waals surface area (Å²) in [6, 6.07) is 4.93. The summed E-state index contributed by atoms with van der Waals surface area (Å²) < 4.78 is 0. The first-order valence-electron chi connectivity index (χ1n) is 7.84. The largest absolute Gasteiger partial charge is 0.354 e. The second-order valence-electron chi connectivity index (χ2n) is 6.20. The minimum absolute atomic E-state index is 0.548. The fourth-order valence-corrected chi connectivity index (χ4v) is 3.42. The zero-order valence-corrected chi connectivity index (χ0v) is 12.8. The van der Waals surface area contributed by atoms with E-state index in [0.717, 1.165) is 26.2 Å². The molecule has 2 saturated heterocycles. The Labute approximate surface area is 122 Å². The van der Waals surface area contributed by atoms with Crippen LogP contribution in [0.25, 0.3) is 0 Å². The van der Waals surface area contributed by atoms with E-state index >= 15 is 0 Å². The summed E-state index contributed by atoms with van der Waals surface area (Å²) in [5.41, 5.74) is 1.43. The molecule has 0 radical (unpaired) electrons. The normalized spacial score (nSPS) is 25.9. The minimum atomic E-state index is 0.548. The maximum Gasteiger partial charge on any atom is 0.133 e. The standard InChI is InChI=1S/C16H26N4/c1-18-10-12-20(13-11-18)16-14(6-5-8-17-16)15-7-3-4-9-19(15)2/h5-6,8,15H,3-4,7,9-13H2,1-2H3/t15-/m1/s1. The van der Waals surface area contributed by atoms with Gasteiger partial charge >= 0.3 is 0 Å². The number of pyridine rings is 1. The lowest BCUT2D eigenvalue weighted by Crippen LogP contribution is -2.45. The molecule has 4 heteroatoms. The molecule has 3 heterocycles. The highest BCUT2D eigenvalue weighted by Crippen LogP contribution is 2.34. The summed E-state index contributed by atoms with van der Waals surface area (Å²) in [6.45, 7) is 5.67. The summed E-state index contributed by atoms with van der Waals surface area (Å²) in [7, 11) is 4.45. The lowest BCUT2D eigenvalue weighted by molar-refractivity contribution is 0.187. The molecule has 0 spiro atoms. The topological polar surface area (TPSA) is 22.6 Å². The quantitative estimate of drug-likeness (QED) is 0.822. The average Bonchev–Trinajstić information content (AvgIpc) is 2.49. The van der Waals surface area contributed by atoms with E-state index in [0.29, 0.717) is 6.04 Å². The lowest BCUT2D eigenvalue weighted by atomic mass is 9.96. The van der Waals surface area contributed by atoms with Gasteiger partial charge in [0.05, 0.1) is 0 Å². The smallest absolute Gasteiger partial charge is 0.133 e. The summed E-state index contributed by atoms with van der Waals surface area (Å²) in [6.07, 6.45) is 5.88. The van der Waals surface area contributed by atoms with Crippen LogP contribution in [-0.2, 0) is 0 Å². The zero-order valence-electron chi connectivity index (χ0n) is 12.8. The van der Waals surface area contributed by atoms with Gasteiger partial charge in [-0.25, -0.2) is 4.98 Å². The molecule has 1 aromatic rings. The molecule has 4 nitrogen and oxygen atoms in total. The van der Waals surface area contributed by atoms with Crippen molar-refractivity contribution in [2.45, 2.75) is 25.3 Å². The summed E-state index contributed by atoms with van der Waals surface area (Å²) >= 11 is 0. The first kappa shape index (κ1) is 13.8. The predicted octanol–water partition coefficient (Wildman–Crippen LogP) is 1.99. The van der Waals surface area contributed by atoms with Gasteiger partial charge < -0.3 is 9.80 Å². The number of rotatable bonds is 2. The van der Waals surface area contributed by atoms with Gasteiger partial charge in [0.2, 0.25) is 0 Å². The van der Waals surface area contributed by atoms with Crippen LogP contribution in [0.15, 0.2) is 18.3 Å². The van der Waals surface area contributed by atoms with Crippen molar-refractivity contribution in [1.82, 2.24) is 14.8 Å². The third kappa shape index (κ3) is 2.81. The molecule has 20 heavy (non-hydrogen) atoms. The Hall–Kier alpha value is -1.13. The molecule has 2 aliphatic heterocycles. The van der Waals surface area contributed by atoms with Gasteiger partial charge in [0.15, 0.2) is 0 Å². The van der Waals surface area contributed by atoms with Crippen molar-refractivity contribution in [3.05, 3.63) is 23.9 Å². The van der Waals surface area contributed by atoms with Gasteiger partial charge in [-0.1, -0.05) is 12.5 Å². The van der Waals surface area contributed by atoms with Crippen LogP contribution in [0, 0.1) is 0 Å². The van der Waals surface area contributed by atoms with Crippen LogP contribution in [0.1, 0.15) is 30.9 Å². The third-order valence-corrected chi connectivity index (χ3v) is 4.75. The second-order valence-corrected chi connectivity index (χ2v) is 6.20. The summed E-state index contributed by atoms with van der Waals surface area (Å²) in [4.78, 5) is 12.1. The van der Waals surface area contributed by atoms with Crippen molar-refractivity contribution < 1.29 is 0 Å². The molecule has 0 amide bonds. The second kappa shape index (κ2) is 6.10. The van der Waals surface area contributed by atoms with Crippen LogP contribution < -0.4 is 4.90 Å². The number of hydrogen-bond donors (Lipinski definition) is 0. The van der Waals surface area contributed by atoms with Crippen molar-refractivity contribution >= 4 is 5.82 Å². The van der Waals surface area contributed by atoms with Crippen LogP contribution in [-0.4, -0.2) is 61.6 Å². The summed E-state index contributed by atoms with van der Waals surface area (Å²) in [5, 5.41) is 0. The monoisotopic (exact) mass is 274 g/mol. The maximum absolute atomic E-state index is 4.72. The average molecular weight is 274 g/mol. The van der Waals surface area contributed by atoms with Gasteiger partial charge in [-0.2, -0.15) is 0 Å². The SMILES string of the molecule is CN1CCN(c2ncccc2[C@H]2CCCCN2C)CC1. The van der Waals surface area contributed by atoms with E-state index in [2.05, 4.69) is 40.9 Å². The number of aromatic nitrogens is 1. The van der Waals surface area contributed by atoms with E-state index in [-0.39, 0.29) is 0 Å². The highest BCUT2D eigenvalue weighted by atomic mass is 15.3. The van der Waals surface area contributed by atoms with Crippen molar-refractivity contribution in [2.75, 3.05) is 51.7 Å². The van der Waals surface area contributed by atoms with E-state index in [4.69, 9.17) is 4.98 Å². The molecular formula is C16H26N4. The third-order valence-electron chi connectivity index (χ3n) is 4.75. The molecule has 0 saturated carbocycles. The zero-order chi connectivity index (χ0) is 13.9. The summed E-state index contributed by atoms with van der Waals surface area (Å²) in [5.74, 6) is 1.22. The predicted molar refractivity (Wildman–Crippen MR) is 83.2 cm³/mol. The molecule has 3 rings (SSSR count). The fraction of sp³-hybridized carbons (Fsp3) is 0.688. The highest BCUT2D eigenvalue weighted by molar-refractivity contribution is 5.49. The molecule has 0 aromatic carbocycles. The van der Waals surface area contributed by atoms with Crippen molar-refractivity contribution in [3.63, 3.8) is 0 Å². The van der Waals surface area contributed by atoms with Crippen LogP contribution in [0.2, 0.25) is 0 Å². The van der Waals surface area contributed by atoms with Gasteiger partial charge in [-0.15, -0.1) is 0 Å². The molecule has 2 fully saturated rings. The van der Waals surface area contributed by atoms with Gasteiger partial charge in [0, 0.05) is 44.0 Å². The number of anilines is 1. The number of piperidine rings is 1. The molecule has 2 aliphatic rings. The molecule has 0 bridgehead atoms. The Bertz CT molecular complexity index is 440.